The van der Waals surface area contributed by atoms with Gasteiger partial charge in [0, 0.05) is 56.7 Å². The summed E-state index contributed by atoms with van der Waals surface area (Å²) in [6, 6.07) is 4.30. The molecule has 0 unspecified atom stereocenters. The van der Waals surface area contributed by atoms with E-state index in [1.165, 1.54) is 5.56 Å². The van der Waals surface area contributed by atoms with Crippen LogP contribution < -0.4 is 5.32 Å². The average molecular weight is 317 g/mol. The Balaban J connectivity index is 1.74. The van der Waals surface area contributed by atoms with Gasteiger partial charge in [0.25, 0.3) is 0 Å². The van der Waals surface area contributed by atoms with Gasteiger partial charge in [-0.25, -0.2) is 0 Å². The fraction of sp³-hybridized carbons (Fsp3) is 0.667. The summed E-state index contributed by atoms with van der Waals surface area (Å²) in [4.78, 5) is 19.2. The highest BCUT2D eigenvalue weighted by molar-refractivity contribution is 5.80. The van der Waals surface area contributed by atoms with E-state index in [-0.39, 0.29) is 23.3 Å². The van der Waals surface area contributed by atoms with Crippen molar-refractivity contribution in [2.45, 2.75) is 39.3 Å². The van der Waals surface area contributed by atoms with Gasteiger partial charge in [0.2, 0.25) is 5.91 Å². The minimum absolute atomic E-state index is 0.0654. The molecule has 3 rings (SSSR count). The fourth-order valence-electron chi connectivity index (χ4n) is 3.97. The molecule has 2 saturated heterocycles. The van der Waals surface area contributed by atoms with Crippen LogP contribution in [0.4, 0.5) is 0 Å². The van der Waals surface area contributed by atoms with Crippen LogP contribution in [-0.4, -0.2) is 48.1 Å². The van der Waals surface area contributed by atoms with Crippen molar-refractivity contribution in [3.63, 3.8) is 0 Å². The summed E-state index contributed by atoms with van der Waals surface area (Å²) in [5.41, 5.74) is 1.33. The third-order valence-corrected chi connectivity index (χ3v) is 5.11. The van der Waals surface area contributed by atoms with E-state index in [1.54, 1.807) is 0 Å². The van der Waals surface area contributed by atoms with Gasteiger partial charge < -0.3 is 10.1 Å². The first kappa shape index (κ1) is 16.4. The topological polar surface area (TPSA) is 54.5 Å². The smallest absolute Gasteiger partial charge is 0.225 e. The molecule has 0 bridgehead atoms. The van der Waals surface area contributed by atoms with E-state index in [4.69, 9.17) is 4.74 Å². The number of rotatable bonds is 4. The summed E-state index contributed by atoms with van der Waals surface area (Å²) >= 11 is 0. The number of carbonyl (C=O) groups is 1. The summed E-state index contributed by atoms with van der Waals surface area (Å²) < 4.78 is 5.56. The molecular formula is C18H27N3O2. The Morgan fingerprint density at radius 1 is 1.39 bits per heavy atom. The Bertz CT molecular complexity index is 526. The molecule has 3 heterocycles. The lowest BCUT2D eigenvalue weighted by Crippen LogP contribution is -2.46. The average Bonchev–Trinajstić information content (AvgIpc) is 2.86. The lowest BCUT2D eigenvalue weighted by atomic mass is 9.71. The standard InChI is InChI=1S/C18H27N3O2/c1-14(2)20-17(22)16-12-21(11-15-3-7-19-8-4-15)13-18(16)5-9-23-10-6-18/h3-4,7-8,14,16H,5-6,9-13H2,1-2H3,(H,20,22)/t16-/m1/s1. The molecule has 23 heavy (non-hydrogen) atoms. The Morgan fingerprint density at radius 3 is 2.74 bits per heavy atom. The SMILES string of the molecule is CC(C)NC(=O)[C@H]1CN(Cc2ccncc2)CC12CCOCC2. The molecular weight excluding hydrogens is 290 g/mol. The minimum Gasteiger partial charge on any atom is -0.381 e. The molecule has 0 aliphatic carbocycles. The normalized spacial score (nSPS) is 24.2. The van der Waals surface area contributed by atoms with Crippen molar-refractivity contribution in [3.8, 4) is 0 Å². The third-order valence-electron chi connectivity index (χ3n) is 5.11. The summed E-state index contributed by atoms with van der Waals surface area (Å²) in [5, 5.41) is 3.12. The van der Waals surface area contributed by atoms with Crippen LogP contribution in [0, 0.1) is 11.3 Å². The van der Waals surface area contributed by atoms with Crippen LogP contribution in [0.1, 0.15) is 32.3 Å². The predicted octanol–water partition coefficient (Wildman–Crippen LogP) is 1.83. The van der Waals surface area contributed by atoms with E-state index >= 15 is 0 Å². The molecule has 1 amide bonds. The van der Waals surface area contributed by atoms with Gasteiger partial charge in [0.05, 0.1) is 5.92 Å². The lowest BCUT2D eigenvalue weighted by molar-refractivity contribution is -0.130. The number of hydrogen-bond acceptors (Lipinski definition) is 4. The quantitative estimate of drug-likeness (QED) is 0.920. The molecule has 1 spiro atoms. The maximum Gasteiger partial charge on any atom is 0.225 e. The van der Waals surface area contributed by atoms with E-state index in [1.807, 2.05) is 26.2 Å². The lowest BCUT2D eigenvalue weighted by Gasteiger charge is -2.37. The Labute approximate surface area is 138 Å². The van der Waals surface area contributed by atoms with Crippen molar-refractivity contribution in [2.24, 2.45) is 11.3 Å². The molecule has 0 saturated carbocycles. The summed E-state index contributed by atoms with van der Waals surface area (Å²) in [6.07, 6.45) is 5.63. The number of hydrogen-bond donors (Lipinski definition) is 1. The molecule has 1 N–H and O–H groups in total. The maximum absolute atomic E-state index is 12.7. The number of aromatic nitrogens is 1. The van der Waals surface area contributed by atoms with Crippen molar-refractivity contribution in [2.75, 3.05) is 26.3 Å². The molecule has 2 fully saturated rings. The summed E-state index contributed by atoms with van der Waals surface area (Å²) in [6.45, 7) is 8.30. The first-order valence-electron chi connectivity index (χ1n) is 8.58. The van der Waals surface area contributed by atoms with Crippen molar-refractivity contribution < 1.29 is 9.53 Å². The third kappa shape index (κ3) is 3.72. The second-order valence-corrected chi connectivity index (χ2v) is 7.22. The van der Waals surface area contributed by atoms with Crippen molar-refractivity contribution in [1.29, 1.82) is 0 Å². The van der Waals surface area contributed by atoms with Crippen LogP contribution in [0.25, 0.3) is 0 Å². The van der Waals surface area contributed by atoms with Crippen LogP contribution in [0.5, 0.6) is 0 Å². The van der Waals surface area contributed by atoms with Gasteiger partial charge in [0.1, 0.15) is 0 Å². The van der Waals surface area contributed by atoms with Crippen molar-refractivity contribution in [1.82, 2.24) is 15.2 Å². The molecule has 2 aliphatic heterocycles. The number of amides is 1. The van der Waals surface area contributed by atoms with Gasteiger partial charge in [-0.05, 0) is 44.4 Å². The van der Waals surface area contributed by atoms with Crippen molar-refractivity contribution >= 4 is 5.91 Å². The Morgan fingerprint density at radius 2 is 2.09 bits per heavy atom. The molecule has 126 valence electrons. The van der Waals surface area contributed by atoms with E-state index in [0.29, 0.717) is 0 Å². The number of pyridine rings is 1. The summed E-state index contributed by atoms with van der Waals surface area (Å²) in [5.74, 6) is 0.273. The van der Waals surface area contributed by atoms with Gasteiger partial charge in [-0.15, -0.1) is 0 Å². The Hall–Kier alpha value is -1.46. The second-order valence-electron chi connectivity index (χ2n) is 7.22. The van der Waals surface area contributed by atoms with Crippen LogP contribution in [0.3, 0.4) is 0 Å². The molecule has 1 aromatic heterocycles. The monoisotopic (exact) mass is 317 g/mol. The largest absolute Gasteiger partial charge is 0.381 e. The number of nitrogens with zero attached hydrogens (tertiary/aromatic N) is 2. The van der Waals surface area contributed by atoms with Crippen molar-refractivity contribution in [3.05, 3.63) is 30.1 Å². The second kappa shape index (κ2) is 6.97. The van der Waals surface area contributed by atoms with E-state index in [0.717, 1.165) is 45.7 Å². The Kier molecular flexibility index (Phi) is 4.97. The van der Waals surface area contributed by atoms with Gasteiger partial charge >= 0.3 is 0 Å². The number of ether oxygens (including phenoxy) is 1. The first-order valence-corrected chi connectivity index (χ1v) is 8.58. The van der Waals surface area contributed by atoms with E-state index in [9.17, 15) is 4.79 Å². The zero-order chi connectivity index (χ0) is 16.3. The zero-order valence-electron chi connectivity index (χ0n) is 14.1. The molecule has 0 radical (unpaired) electrons. The maximum atomic E-state index is 12.7. The highest BCUT2D eigenvalue weighted by Crippen LogP contribution is 2.44. The molecule has 5 heteroatoms. The molecule has 0 aromatic carbocycles. The highest BCUT2D eigenvalue weighted by Gasteiger charge is 2.50. The van der Waals surface area contributed by atoms with Gasteiger partial charge in [0.15, 0.2) is 0 Å². The highest BCUT2D eigenvalue weighted by atomic mass is 16.5. The molecule has 5 nitrogen and oxygen atoms in total. The summed E-state index contributed by atoms with van der Waals surface area (Å²) in [7, 11) is 0. The number of nitrogens with one attached hydrogen (secondary N) is 1. The molecule has 2 aliphatic rings. The first-order chi connectivity index (χ1) is 11.1. The van der Waals surface area contributed by atoms with Gasteiger partial charge in [-0.2, -0.15) is 0 Å². The van der Waals surface area contributed by atoms with Crippen LogP contribution in [-0.2, 0) is 16.1 Å². The van der Waals surface area contributed by atoms with Crippen LogP contribution in [0.15, 0.2) is 24.5 Å². The molecule has 1 aromatic rings. The number of carbonyl (C=O) groups excluding carboxylic acids is 1. The van der Waals surface area contributed by atoms with Crippen LogP contribution >= 0.6 is 0 Å². The van der Waals surface area contributed by atoms with Crippen LogP contribution in [0.2, 0.25) is 0 Å². The number of likely N-dealkylation sites (tertiary alicyclic amines) is 1. The van der Waals surface area contributed by atoms with Gasteiger partial charge in [-0.3, -0.25) is 14.7 Å². The van der Waals surface area contributed by atoms with Gasteiger partial charge in [-0.1, -0.05) is 0 Å². The minimum atomic E-state index is 0.0654. The van der Waals surface area contributed by atoms with E-state index in [2.05, 4.69) is 27.3 Å². The zero-order valence-corrected chi connectivity index (χ0v) is 14.1. The molecule has 1 atom stereocenters. The fourth-order valence-corrected chi connectivity index (χ4v) is 3.97. The predicted molar refractivity (Wildman–Crippen MR) is 88.8 cm³/mol. The van der Waals surface area contributed by atoms with E-state index < -0.39 is 0 Å².